The first-order valence-electron chi connectivity index (χ1n) is 9.54. The van der Waals surface area contributed by atoms with Gasteiger partial charge in [0.2, 0.25) is 15.8 Å². The number of likely N-dealkylation sites (tertiary alicyclic amines) is 1. The zero-order valence-corrected chi connectivity index (χ0v) is 17.7. The first kappa shape index (κ1) is 22.3. The summed E-state index contributed by atoms with van der Waals surface area (Å²) >= 11 is 0.856. The van der Waals surface area contributed by atoms with E-state index in [4.69, 9.17) is 0 Å². The molecule has 3 rings (SSSR count). The molecule has 0 bridgehead atoms. The standard InChI is InChI=1S/C18H24F3N3O3S2/c1-13(24-10-4-2-3-5-11-24)8-9-22-29(25,26)17-7-6-15(28-17)14-12-16(27-23-14)18(19,20)21/h6-7,12-13,22H,2-5,8-11H2,1H3/t13-/m0/s1. The molecule has 29 heavy (non-hydrogen) atoms. The third-order valence-corrected chi connectivity index (χ3v) is 8.07. The van der Waals surface area contributed by atoms with Crippen molar-refractivity contribution in [1.29, 1.82) is 0 Å². The van der Waals surface area contributed by atoms with Crippen molar-refractivity contribution in [3.63, 3.8) is 0 Å². The second-order valence-corrected chi connectivity index (χ2v) is 10.3. The number of thiophene rings is 1. The van der Waals surface area contributed by atoms with Crippen LogP contribution in [-0.2, 0) is 16.2 Å². The number of nitrogens with zero attached hydrogens (tertiary/aromatic N) is 2. The van der Waals surface area contributed by atoms with Gasteiger partial charge in [0.05, 0.1) is 4.88 Å². The summed E-state index contributed by atoms with van der Waals surface area (Å²) in [5.41, 5.74) is -0.0430. The Balaban J connectivity index is 1.58. The smallest absolute Gasteiger partial charge is 0.351 e. The highest BCUT2D eigenvalue weighted by Crippen LogP contribution is 2.35. The van der Waals surface area contributed by atoms with E-state index in [1.54, 1.807) is 0 Å². The van der Waals surface area contributed by atoms with Crippen LogP contribution in [-0.4, -0.2) is 44.2 Å². The predicted octanol–water partition coefficient (Wildman–Crippen LogP) is 4.35. The number of halogens is 3. The van der Waals surface area contributed by atoms with Gasteiger partial charge in [-0.05, 0) is 51.4 Å². The van der Waals surface area contributed by atoms with E-state index >= 15 is 0 Å². The van der Waals surface area contributed by atoms with E-state index in [0.717, 1.165) is 30.5 Å². The predicted molar refractivity (Wildman–Crippen MR) is 104 cm³/mol. The summed E-state index contributed by atoms with van der Waals surface area (Å²) in [4.78, 5) is 2.69. The topological polar surface area (TPSA) is 75.4 Å². The van der Waals surface area contributed by atoms with Crippen LogP contribution >= 0.6 is 11.3 Å². The van der Waals surface area contributed by atoms with Gasteiger partial charge in [0, 0.05) is 18.7 Å². The van der Waals surface area contributed by atoms with Crippen LogP contribution in [0.4, 0.5) is 13.2 Å². The molecule has 1 aliphatic rings. The first-order valence-corrected chi connectivity index (χ1v) is 11.8. The van der Waals surface area contributed by atoms with E-state index in [-0.39, 0.29) is 15.9 Å². The van der Waals surface area contributed by atoms with E-state index in [2.05, 4.69) is 26.2 Å². The number of nitrogens with one attached hydrogen (secondary N) is 1. The molecule has 0 aliphatic carbocycles. The van der Waals surface area contributed by atoms with Crippen molar-refractivity contribution in [3.05, 3.63) is 24.0 Å². The van der Waals surface area contributed by atoms with Crippen LogP contribution in [0.1, 0.15) is 44.8 Å². The Morgan fingerprint density at radius 2 is 1.93 bits per heavy atom. The number of hydrogen-bond acceptors (Lipinski definition) is 6. The highest BCUT2D eigenvalue weighted by Gasteiger charge is 2.36. The largest absolute Gasteiger partial charge is 0.452 e. The molecule has 0 unspecified atom stereocenters. The van der Waals surface area contributed by atoms with Crippen LogP contribution in [0.3, 0.4) is 0 Å². The molecule has 1 aliphatic heterocycles. The quantitative estimate of drug-likeness (QED) is 0.677. The van der Waals surface area contributed by atoms with Gasteiger partial charge in [-0.1, -0.05) is 18.0 Å². The van der Waals surface area contributed by atoms with Gasteiger partial charge in [0.1, 0.15) is 9.90 Å². The Morgan fingerprint density at radius 1 is 1.24 bits per heavy atom. The average Bonchev–Trinajstić information content (AvgIpc) is 3.25. The molecule has 6 nitrogen and oxygen atoms in total. The lowest BCUT2D eigenvalue weighted by atomic mass is 10.2. The summed E-state index contributed by atoms with van der Waals surface area (Å²) in [6.45, 7) is 4.49. The number of sulfonamides is 1. The van der Waals surface area contributed by atoms with E-state index in [9.17, 15) is 21.6 Å². The monoisotopic (exact) mass is 451 g/mol. The lowest BCUT2D eigenvalue weighted by Gasteiger charge is -2.27. The zero-order chi connectivity index (χ0) is 21.1. The van der Waals surface area contributed by atoms with Crippen LogP contribution in [0.25, 0.3) is 10.6 Å². The lowest BCUT2D eigenvalue weighted by Crippen LogP contribution is -2.37. The minimum absolute atomic E-state index is 0.0338. The third-order valence-electron chi connectivity index (χ3n) is 5.01. The molecule has 1 atom stereocenters. The Morgan fingerprint density at radius 3 is 2.55 bits per heavy atom. The molecule has 162 valence electrons. The molecule has 0 spiro atoms. The van der Waals surface area contributed by atoms with Crippen LogP contribution in [0.2, 0.25) is 0 Å². The molecular formula is C18H24F3N3O3S2. The van der Waals surface area contributed by atoms with E-state index < -0.39 is 22.0 Å². The number of hydrogen-bond donors (Lipinski definition) is 1. The Labute approximate surface area is 172 Å². The normalized spacial score (nSPS) is 17.9. The summed E-state index contributed by atoms with van der Waals surface area (Å²) in [5.74, 6) is -1.22. The highest BCUT2D eigenvalue weighted by molar-refractivity contribution is 7.91. The molecule has 0 amide bonds. The van der Waals surface area contributed by atoms with Gasteiger partial charge in [0.25, 0.3) is 0 Å². The van der Waals surface area contributed by atoms with Crippen molar-refractivity contribution in [1.82, 2.24) is 14.8 Å². The third kappa shape index (κ3) is 5.80. The van der Waals surface area contributed by atoms with Crippen molar-refractivity contribution < 1.29 is 26.1 Å². The van der Waals surface area contributed by atoms with Gasteiger partial charge in [-0.15, -0.1) is 11.3 Å². The molecule has 1 N–H and O–H groups in total. The van der Waals surface area contributed by atoms with Gasteiger partial charge in [-0.25, -0.2) is 13.1 Å². The van der Waals surface area contributed by atoms with E-state index in [1.807, 2.05) is 0 Å². The van der Waals surface area contributed by atoms with Gasteiger partial charge in [-0.2, -0.15) is 13.2 Å². The zero-order valence-electron chi connectivity index (χ0n) is 16.0. The van der Waals surface area contributed by atoms with E-state index in [1.165, 1.54) is 37.8 Å². The van der Waals surface area contributed by atoms with Crippen LogP contribution < -0.4 is 4.72 Å². The van der Waals surface area contributed by atoms with Gasteiger partial charge in [-0.3, -0.25) is 0 Å². The molecule has 3 heterocycles. The highest BCUT2D eigenvalue weighted by atomic mass is 32.2. The molecular weight excluding hydrogens is 427 g/mol. The maximum Gasteiger partial charge on any atom is 0.452 e. The van der Waals surface area contributed by atoms with Crippen molar-refractivity contribution >= 4 is 21.4 Å². The minimum Gasteiger partial charge on any atom is -0.351 e. The average molecular weight is 452 g/mol. The maximum atomic E-state index is 12.6. The van der Waals surface area contributed by atoms with Crippen LogP contribution in [0, 0.1) is 0 Å². The molecule has 0 aromatic carbocycles. The number of aromatic nitrogens is 1. The minimum atomic E-state index is -4.64. The number of alkyl halides is 3. The number of rotatable bonds is 7. The SMILES string of the molecule is C[C@@H](CCNS(=O)(=O)c1ccc(-c2cc(C(F)(F)F)on2)s1)N1CCCCCC1. The second kappa shape index (κ2) is 9.15. The van der Waals surface area contributed by atoms with Gasteiger partial charge in [0.15, 0.2) is 0 Å². The fraction of sp³-hybridized carbons (Fsp3) is 0.611. The summed E-state index contributed by atoms with van der Waals surface area (Å²) in [6.07, 6.45) is 0.885. The summed E-state index contributed by atoms with van der Waals surface area (Å²) in [6, 6.07) is 3.84. The molecule has 0 saturated carbocycles. The Bertz CT molecular complexity index is 901. The van der Waals surface area contributed by atoms with Crippen molar-refractivity contribution in [2.45, 2.75) is 55.5 Å². The molecule has 11 heteroatoms. The Kier molecular flexibility index (Phi) is 7.02. The van der Waals surface area contributed by atoms with E-state index in [0.29, 0.717) is 17.8 Å². The van der Waals surface area contributed by atoms with Crippen LogP contribution in [0.5, 0.6) is 0 Å². The van der Waals surface area contributed by atoms with Gasteiger partial charge < -0.3 is 9.42 Å². The summed E-state index contributed by atoms with van der Waals surface area (Å²) < 4.78 is 69.9. The second-order valence-electron chi connectivity index (χ2n) is 7.18. The van der Waals surface area contributed by atoms with Crippen LogP contribution in [0.15, 0.2) is 26.9 Å². The van der Waals surface area contributed by atoms with Crippen molar-refractivity contribution in [2.75, 3.05) is 19.6 Å². The molecule has 0 radical (unpaired) electrons. The first-order chi connectivity index (χ1) is 13.7. The maximum absolute atomic E-state index is 12.6. The Hall–Kier alpha value is -1.43. The summed E-state index contributed by atoms with van der Waals surface area (Å²) in [5, 5.41) is 3.39. The molecule has 1 saturated heterocycles. The van der Waals surface area contributed by atoms with Gasteiger partial charge >= 0.3 is 6.18 Å². The lowest BCUT2D eigenvalue weighted by molar-refractivity contribution is -0.155. The molecule has 1 fully saturated rings. The van der Waals surface area contributed by atoms with Crippen molar-refractivity contribution in [2.24, 2.45) is 0 Å². The van der Waals surface area contributed by atoms with Crippen molar-refractivity contribution in [3.8, 4) is 10.6 Å². The fourth-order valence-corrected chi connectivity index (χ4v) is 5.67. The fourth-order valence-electron chi connectivity index (χ4n) is 3.32. The summed E-state index contributed by atoms with van der Waals surface area (Å²) in [7, 11) is -3.73. The molecule has 2 aromatic heterocycles. The molecule has 2 aromatic rings.